The number of halogens is 1. The molecule has 0 spiro atoms. The van der Waals surface area contributed by atoms with Gasteiger partial charge in [0, 0.05) is 30.0 Å². The van der Waals surface area contributed by atoms with Crippen LogP contribution in [0.2, 0.25) is 0 Å². The Hall–Kier alpha value is -0.990. The summed E-state index contributed by atoms with van der Waals surface area (Å²) < 4.78 is 5.27. The summed E-state index contributed by atoms with van der Waals surface area (Å²) in [6.07, 6.45) is 1.99. The second-order valence-corrected chi connectivity index (χ2v) is 8.02. The van der Waals surface area contributed by atoms with Crippen molar-refractivity contribution in [2.75, 3.05) is 19.8 Å². The highest BCUT2D eigenvalue weighted by molar-refractivity contribution is 7.16. The number of amides is 1. The average molecular weight is 388 g/mol. The van der Waals surface area contributed by atoms with Crippen LogP contribution >= 0.6 is 35.1 Å². The first-order valence-corrected chi connectivity index (χ1v) is 9.43. The Bertz CT molecular complexity index is 680. The minimum absolute atomic E-state index is 0. The maximum atomic E-state index is 12.2. The van der Waals surface area contributed by atoms with Crippen LogP contribution in [0.1, 0.15) is 22.7 Å². The van der Waals surface area contributed by atoms with Gasteiger partial charge in [-0.25, -0.2) is 4.98 Å². The highest BCUT2D eigenvalue weighted by Crippen LogP contribution is 2.29. The van der Waals surface area contributed by atoms with Gasteiger partial charge in [0.2, 0.25) is 5.91 Å². The molecule has 8 heteroatoms. The number of thiophene rings is 1. The number of nitrogens with zero attached hydrogens (tertiary/aromatic N) is 1. The van der Waals surface area contributed by atoms with E-state index in [1.54, 1.807) is 22.7 Å². The smallest absolute Gasteiger partial charge is 0.240 e. The molecule has 1 saturated heterocycles. The minimum Gasteiger partial charge on any atom is -0.381 e. The number of nitrogens with two attached hydrogens (primary N) is 1. The largest absolute Gasteiger partial charge is 0.381 e. The van der Waals surface area contributed by atoms with Gasteiger partial charge in [-0.2, -0.15) is 0 Å². The first-order valence-electron chi connectivity index (χ1n) is 7.73. The van der Waals surface area contributed by atoms with E-state index in [9.17, 15) is 4.79 Å². The molecule has 0 radical (unpaired) electrons. The molecule has 1 aliphatic rings. The van der Waals surface area contributed by atoms with Crippen molar-refractivity contribution in [2.45, 2.75) is 31.7 Å². The summed E-state index contributed by atoms with van der Waals surface area (Å²) in [5.41, 5.74) is 6.44. The quantitative estimate of drug-likeness (QED) is 0.826. The summed E-state index contributed by atoms with van der Waals surface area (Å²) in [4.78, 5) is 19.2. The third-order valence-corrected chi connectivity index (χ3v) is 5.97. The number of rotatable bonds is 5. The first kappa shape index (κ1) is 19.3. The molecule has 0 bridgehead atoms. The van der Waals surface area contributed by atoms with Gasteiger partial charge in [-0.1, -0.05) is 0 Å². The zero-order valence-corrected chi connectivity index (χ0v) is 16.0. The summed E-state index contributed by atoms with van der Waals surface area (Å²) >= 11 is 3.39. The van der Waals surface area contributed by atoms with Crippen LogP contribution in [0, 0.1) is 6.92 Å². The molecule has 3 heterocycles. The molecule has 24 heavy (non-hydrogen) atoms. The zero-order valence-electron chi connectivity index (χ0n) is 13.5. The maximum absolute atomic E-state index is 12.2. The van der Waals surface area contributed by atoms with E-state index in [0.29, 0.717) is 32.6 Å². The number of ether oxygens (including phenoxy) is 1. The minimum atomic E-state index is -0.767. The van der Waals surface area contributed by atoms with Gasteiger partial charge in [-0.05, 0) is 38.3 Å². The molecule has 0 atom stereocenters. The van der Waals surface area contributed by atoms with E-state index in [1.807, 2.05) is 6.92 Å². The van der Waals surface area contributed by atoms with Gasteiger partial charge in [0.1, 0.15) is 0 Å². The highest BCUT2D eigenvalue weighted by atomic mass is 35.5. The molecule has 0 aliphatic carbocycles. The van der Waals surface area contributed by atoms with Crippen LogP contribution in [0.5, 0.6) is 0 Å². The molecule has 0 saturated carbocycles. The molecule has 2 aromatic rings. The van der Waals surface area contributed by atoms with Gasteiger partial charge in [0.05, 0.1) is 21.1 Å². The average Bonchev–Trinajstić information content (AvgIpc) is 3.17. The second kappa shape index (κ2) is 8.40. The van der Waals surface area contributed by atoms with E-state index >= 15 is 0 Å². The summed E-state index contributed by atoms with van der Waals surface area (Å²) in [5, 5.41) is 6.12. The van der Waals surface area contributed by atoms with Crippen LogP contribution in [0.25, 0.3) is 10.6 Å². The topological polar surface area (TPSA) is 77.2 Å². The molecule has 3 rings (SSSR count). The highest BCUT2D eigenvalue weighted by Gasteiger charge is 2.35. The van der Waals surface area contributed by atoms with Gasteiger partial charge in [-0.3, -0.25) is 4.79 Å². The van der Waals surface area contributed by atoms with E-state index in [-0.39, 0.29) is 18.3 Å². The Labute approximate surface area is 156 Å². The predicted octanol–water partition coefficient (Wildman–Crippen LogP) is 2.77. The Morgan fingerprint density at radius 2 is 2.17 bits per heavy atom. The maximum Gasteiger partial charge on any atom is 0.240 e. The van der Waals surface area contributed by atoms with Gasteiger partial charge >= 0.3 is 0 Å². The van der Waals surface area contributed by atoms with Gasteiger partial charge in [0.15, 0.2) is 0 Å². The van der Waals surface area contributed by atoms with E-state index in [0.717, 1.165) is 17.1 Å². The molecule has 0 aromatic carbocycles. The number of carbonyl (C=O) groups excluding carboxylic acids is 1. The van der Waals surface area contributed by atoms with Crippen LogP contribution in [0.3, 0.4) is 0 Å². The predicted molar refractivity (Wildman–Crippen MR) is 101 cm³/mol. The summed E-state index contributed by atoms with van der Waals surface area (Å²) in [6.45, 7) is 3.74. The second-order valence-electron chi connectivity index (χ2n) is 5.79. The number of aromatic nitrogens is 1. The van der Waals surface area contributed by atoms with Crippen molar-refractivity contribution in [1.29, 1.82) is 0 Å². The Kier molecular flexibility index (Phi) is 6.77. The molecule has 1 fully saturated rings. The molecule has 1 amide bonds. The van der Waals surface area contributed by atoms with Crippen molar-refractivity contribution in [1.82, 2.24) is 10.3 Å². The van der Waals surface area contributed by atoms with Crippen molar-refractivity contribution in [2.24, 2.45) is 5.73 Å². The van der Waals surface area contributed by atoms with Gasteiger partial charge < -0.3 is 15.8 Å². The molecular formula is C16H22ClN3O2S2. The third kappa shape index (κ3) is 4.55. The molecule has 3 N–H and O–H groups in total. The van der Waals surface area contributed by atoms with Crippen LogP contribution in [0.15, 0.2) is 17.5 Å². The normalized spacial score (nSPS) is 16.4. The van der Waals surface area contributed by atoms with E-state index in [1.165, 1.54) is 9.75 Å². The fraction of sp³-hybridized carbons (Fsp3) is 0.500. The number of thiazole rings is 1. The SMILES string of the molecule is Cc1nc(-c2ccc(CCNC(=O)C3(N)CCOCC3)s2)cs1.Cl. The number of hydrogen-bond donors (Lipinski definition) is 2. The lowest BCUT2D eigenvalue weighted by Crippen LogP contribution is -2.57. The monoisotopic (exact) mass is 387 g/mol. The molecule has 0 unspecified atom stereocenters. The number of aryl methyl sites for hydroxylation is 1. The van der Waals surface area contributed by atoms with Crippen molar-refractivity contribution in [3.05, 3.63) is 27.4 Å². The lowest BCUT2D eigenvalue weighted by atomic mass is 9.90. The van der Waals surface area contributed by atoms with Crippen molar-refractivity contribution >= 4 is 41.0 Å². The van der Waals surface area contributed by atoms with Crippen molar-refractivity contribution in [3.63, 3.8) is 0 Å². The van der Waals surface area contributed by atoms with Crippen molar-refractivity contribution < 1.29 is 9.53 Å². The Morgan fingerprint density at radius 1 is 1.42 bits per heavy atom. The number of hydrogen-bond acceptors (Lipinski definition) is 6. The number of nitrogens with one attached hydrogen (secondary N) is 1. The summed E-state index contributed by atoms with van der Waals surface area (Å²) in [5.74, 6) is -0.0623. The lowest BCUT2D eigenvalue weighted by Gasteiger charge is -2.31. The molecular weight excluding hydrogens is 366 g/mol. The molecule has 1 aliphatic heterocycles. The van der Waals surface area contributed by atoms with Gasteiger partial charge in [0.25, 0.3) is 0 Å². The lowest BCUT2D eigenvalue weighted by molar-refractivity contribution is -0.129. The van der Waals surface area contributed by atoms with Crippen LogP contribution < -0.4 is 11.1 Å². The third-order valence-electron chi connectivity index (χ3n) is 4.03. The molecule has 132 valence electrons. The summed E-state index contributed by atoms with van der Waals surface area (Å²) in [6, 6.07) is 4.20. The Balaban J connectivity index is 0.00000208. The van der Waals surface area contributed by atoms with Gasteiger partial charge in [-0.15, -0.1) is 35.1 Å². The van der Waals surface area contributed by atoms with Crippen LogP contribution in [0.4, 0.5) is 0 Å². The molecule has 5 nitrogen and oxygen atoms in total. The van der Waals surface area contributed by atoms with Crippen LogP contribution in [-0.4, -0.2) is 36.2 Å². The van der Waals surface area contributed by atoms with Crippen LogP contribution in [-0.2, 0) is 16.0 Å². The van der Waals surface area contributed by atoms with E-state index in [4.69, 9.17) is 10.5 Å². The molecule has 2 aromatic heterocycles. The fourth-order valence-corrected chi connectivity index (χ4v) is 4.22. The number of carbonyl (C=O) groups is 1. The fourth-order valence-electron chi connectivity index (χ4n) is 2.56. The zero-order chi connectivity index (χ0) is 16.3. The van der Waals surface area contributed by atoms with E-state index in [2.05, 4.69) is 27.8 Å². The van der Waals surface area contributed by atoms with Crippen molar-refractivity contribution in [3.8, 4) is 10.6 Å². The summed E-state index contributed by atoms with van der Waals surface area (Å²) in [7, 11) is 0. The first-order chi connectivity index (χ1) is 11.1. The standard InChI is InChI=1S/C16H21N3O2S2.ClH/c1-11-19-13(10-22-11)14-3-2-12(23-14)4-7-18-15(20)16(17)5-8-21-9-6-16;/h2-3,10H,4-9,17H2,1H3,(H,18,20);1H. The Morgan fingerprint density at radius 3 is 2.83 bits per heavy atom. The van der Waals surface area contributed by atoms with E-state index < -0.39 is 5.54 Å².